The highest BCUT2D eigenvalue weighted by molar-refractivity contribution is 9.10. The van der Waals surface area contributed by atoms with E-state index in [1.807, 2.05) is 0 Å². The summed E-state index contributed by atoms with van der Waals surface area (Å²) < 4.78 is 1.17. The van der Waals surface area contributed by atoms with E-state index in [9.17, 15) is 0 Å². The fraction of sp³-hybridized carbons (Fsp3) is 0.625. The lowest BCUT2D eigenvalue weighted by Gasteiger charge is -2.31. The van der Waals surface area contributed by atoms with Gasteiger partial charge >= 0.3 is 0 Å². The number of benzene rings is 1. The summed E-state index contributed by atoms with van der Waals surface area (Å²) in [4.78, 5) is 2.61. The van der Waals surface area contributed by atoms with Crippen LogP contribution in [0.1, 0.15) is 31.9 Å². The summed E-state index contributed by atoms with van der Waals surface area (Å²) in [5, 5.41) is 4.41. The Morgan fingerprint density at radius 1 is 1.50 bits per heavy atom. The predicted molar refractivity (Wildman–Crippen MR) is 93.5 cm³/mol. The first-order chi connectivity index (χ1) is 9.69. The molecule has 0 aliphatic carbocycles. The van der Waals surface area contributed by atoms with Gasteiger partial charge in [0, 0.05) is 41.2 Å². The Labute approximate surface area is 135 Å². The lowest BCUT2D eigenvalue weighted by Crippen LogP contribution is -2.38. The Balaban J connectivity index is 1.92. The van der Waals surface area contributed by atoms with Crippen LogP contribution in [0, 0.1) is 0 Å². The van der Waals surface area contributed by atoms with Crippen LogP contribution in [0.25, 0.3) is 0 Å². The fourth-order valence-corrected chi connectivity index (χ4v) is 4.26. The van der Waals surface area contributed by atoms with E-state index in [2.05, 4.69) is 76.0 Å². The molecule has 1 N–H and O–H groups in total. The van der Waals surface area contributed by atoms with Crippen molar-refractivity contribution in [1.29, 1.82) is 0 Å². The van der Waals surface area contributed by atoms with E-state index in [0.29, 0.717) is 6.04 Å². The zero-order valence-electron chi connectivity index (χ0n) is 12.4. The number of rotatable bonds is 6. The van der Waals surface area contributed by atoms with Gasteiger partial charge in [-0.2, -0.15) is 11.8 Å². The van der Waals surface area contributed by atoms with Crippen molar-refractivity contribution in [2.75, 3.05) is 31.9 Å². The monoisotopic (exact) mass is 356 g/mol. The largest absolute Gasteiger partial charge is 0.310 e. The lowest BCUT2D eigenvalue weighted by molar-refractivity contribution is 0.268. The number of hydrogen-bond acceptors (Lipinski definition) is 3. The molecule has 0 spiro atoms. The number of nitrogens with one attached hydrogen (secondary N) is 1. The third kappa shape index (κ3) is 5.06. The highest BCUT2D eigenvalue weighted by Gasteiger charge is 2.18. The Bertz CT molecular complexity index is 413. The molecule has 0 amide bonds. The molecule has 1 aromatic carbocycles. The standard InChI is InChI=1S/C16H25BrN2S/c1-3-18-16(14-5-4-6-15(17)11-14)7-8-19-9-10-20-13(2)12-19/h4-6,11,13,16,18H,3,7-10,12H2,1-2H3. The van der Waals surface area contributed by atoms with Crippen LogP contribution in [0.4, 0.5) is 0 Å². The SMILES string of the molecule is CCNC(CCN1CCSC(C)C1)c1cccc(Br)c1. The van der Waals surface area contributed by atoms with Crippen molar-refractivity contribution in [2.45, 2.75) is 31.6 Å². The van der Waals surface area contributed by atoms with Crippen LogP contribution in [-0.4, -0.2) is 42.1 Å². The first-order valence-corrected chi connectivity index (χ1v) is 9.36. The topological polar surface area (TPSA) is 15.3 Å². The summed E-state index contributed by atoms with van der Waals surface area (Å²) in [6.45, 7) is 9.21. The quantitative estimate of drug-likeness (QED) is 0.831. The first kappa shape index (κ1) is 16.3. The van der Waals surface area contributed by atoms with E-state index in [1.165, 1.54) is 41.8 Å². The number of nitrogens with zero attached hydrogens (tertiary/aromatic N) is 1. The minimum Gasteiger partial charge on any atom is -0.310 e. The molecule has 1 fully saturated rings. The van der Waals surface area contributed by atoms with Crippen molar-refractivity contribution in [1.82, 2.24) is 10.2 Å². The summed E-state index contributed by atoms with van der Waals surface area (Å²) in [7, 11) is 0. The molecule has 20 heavy (non-hydrogen) atoms. The summed E-state index contributed by atoms with van der Waals surface area (Å²) >= 11 is 5.68. The molecule has 2 atom stereocenters. The van der Waals surface area contributed by atoms with Gasteiger partial charge in [0.2, 0.25) is 0 Å². The number of halogens is 1. The first-order valence-electron chi connectivity index (χ1n) is 7.52. The van der Waals surface area contributed by atoms with E-state index in [-0.39, 0.29) is 0 Å². The molecule has 1 aromatic rings. The van der Waals surface area contributed by atoms with Crippen molar-refractivity contribution in [3.05, 3.63) is 34.3 Å². The summed E-state index contributed by atoms with van der Waals surface area (Å²) in [6.07, 6.45) is 1.18. The van der Waals surface area contributed by atoms with Crippen LogP contribution >= 0.6 is 27.7 Å². The van der Waals surface area contributed by atoms with Crippen molar-refractivity contribution < 1.29 is 0 Å². The molecule has 2 unspecified atom stereocenters. The number of hydrogen-bond donors (Lipinski definition) is 1. The van der Waals surface area contributed by atoms with Crippen molar-refractivity contribution in [3.8, 4) is 0 Å². The Kier molecular flexibility index (Phi) is 6.88. The van der Waals surface area contributed by atoms with Crippen LogP contribution in [-0.2, 0) is 0 Å². The average molecular weight is 357 g/mol. The highest BCUT2D eigenvalue weighted by atomic mass is 79.9. The van der Waals surface area contributed by atoms with Gasteiger partial charge in [-0.05, 0) is 30.7 Å². The van der Waals surface area contributed by atoms with Gasteiger partial charge in [-0.25, -0.2) is 0 Å². The molecule has 0 saturated carbocycles. The number of thioether (sulfide) groups is 1. The van der Waals surface area contributed by atoms with Crippen molar-refractivity contribution >= 4 is 27.7 Å². The molecule has 0 radical (unpaired) electrons. The maximum atomic E-state index is 3.62. The summed E-state index contributed by atoms with van der Waals surface area (Å²) in [5.41, 5.74) is 1.39. The van der Waals surface area contributed by atoms with Crippen LogP contribution in [0.15, 0.2) is 28.7 Å². The lowest BCUT2D eigenvalue weighted by atomic mass is 10.0. The Hall–Kier alpha value is -0.0300. The molecule has 0 aromatic heterocycles. The van der Waals surface area contributed by atoms with E-state index in [0.717, 1.165) is 11.8 Å². The molecular formula is C16H25BrN2S. The second kappa shape index (κ2) is 8.42. The van der Waals surface area contributed by atoms with Gasteiger partial charge in [-0.3, -0.25) is 0 Å². The van der Waals surface area contributed by atoms with Gasteiger partial charge in [-0.1, -0.05) is 41.9 Å². The van der Waals surface area contributed by atoms with Crippen molar-refractivity contribution in [3.63, 3.8) is 0 Å². The Morgan fingerprint density at radius 3 is 3.05 bits per heavy atom. The molecule has 1 heterocycles. The second-order valence-corrected chi connectivity index (χ2v) is 7.90. The van der Waals surface area contributed by atoms with Gasteiger partial charge in [0.15, 0.2) is 0 Å². The maximum Gasteiger partial charge on any atom is 0.0332 e. The molecule has 2 rings (SSSR count). The average Bonchev–Trinajstić information content (AvgIpc) is 2.43. The van der Waals surface area contributed by atoms with Gasteiger partial charge in [0.25, 0.3) is 0 Å². The normalized spacial score (nSPS) is 21.9. The maximum absolute atomic E-state index is 3.62. The minimum absolute atomic E-state index is 0.461. The minimum atomic E-state index is 0.461. The molecular weight excluding hydrogens is 332 g/mol. The van der Waals surface area contributed by atoms with Gasteiger partial charge in [-0.15, -0.1) is 0 Å². The smallest absolute Gasteiger partial charge is 0.0332 e. The van der Waals surface area contributed by atoms with Gasteiger partial charge in [0.1, 0.15) is 0 Å². The zero-order valence-corrected chi connectivity index (χ0v) is 14.8. The van der Waals surface area contributed by atoms with Crippen molar-refractivity contribution in [2.24, 2.45) is 0 Å². The molecule has 1 aliphatic heterocycles. The van der Waals surface area contributed by atoms with E-state index in [1.54, 1.807) is 0 Å². The molecule has 0 bridgehead atoms. The third-order valence-corrected chi connectivity index (χ3v) is 5.39. The van der Waals surface area contributed by atoms with E-state index < -0.39 is 0 Å². The Morgan fingerprint density at radius 2 is 2.35 bits per heavy atom. The molecule has 2 nitrogen and oxygen atoms in total. The van der Waals surface area contributed by atoms with E-state index >= 15 is 0 Å². The predicted octanol–water partition coefficient (Wildman–Crippen LogP) is 3.93. The summed E-state index contributed by atoms with van der Waals surface area (Å²) in [6, 6.07) is 9.15. The molecule has 1 saturated heterocycles. The van der Waals surface area contributed by atoms with Crippen LogP contribution in [0.3, 0.4) is 0 Å². The van der Waals surface area contributed by atoms with E-state index in [4.69, 9.17) is 0 Å². The molecule has 112 valence electrons. The second-order valence-electron chi connectivity index (χ2n) is 5.44. The molecule has 1 aliphatic rings. The van der Waals surface area contributed by atoms with Crippen LogP contribution in [0.5, 0.6) is 0 Å². The van der Waals surface area contributed by atoms with Crippen LogP contribution < -0.4 is 5.32 Å². The third-order valence-electron chi connectivity index (χ3n) is 3.76. The van der Waals surface area contributed by atoms with Gasteiger partial charge < -0.3 is 10.2 Å². The summed E-state index contributed by atoms with van der Waals surface area (Å²) in [5.74, 6) is 1.28. The molecule has 4 heteroatoms. The van der Waals surface area contributed by atoms with Crippen LogP contribution in [0.2, 0.25) is 0 Å². The fourth-order valence-electron chi connectivity index (χ4n) is 2.76. The zero-order chi connectivity index (χ0) is 14.4. The highest BCUT2D eigenvalue weighted by Crippen LogP contribution is 2.23. The van der Waals surface area contributed by atoms with Gasteiger partial charge in [0.05, 0.1) is 0 Å².